The zero-order chi connectivity index (χ0) is 18.1. The fourth-order valence-electron chi connectivity index (χ4n) is 2.38. The van der Waals surface area contributed by atoms with E-state index in [1.165, 1.54) is 12.1 Å². The van der Waals surface area contributed by atoms with Gasteiger partial charge in [-0.15, -0.1) is 0 Å². The Hall–Kier alpha value is -2.63. The molecule has 0 N–H and O–H groups in total. The first kappa shape index (κ1) is 17.2. The average molecular weight is 376 g/mol. The molecule has 0 amide bonds. The molecule has 0 atom stereocenters. The van der Waals surface area contributed by atoms with Crippen molar-refractivity contribution < 1.29 is 14.5 Å². The first-order chi connectivity index (χ1) is 11.8. The molecule has 0 spiro atoms. The van der Waals surface area contributed by atoms with Gasteiger partial charge in [0.1, 0.15) is 5.76 Å². The fraction of sp³-hybridized carbons (Fsp3) is 0.0556. The van der Waals surface area contributed by atoms with Crippen LogP contribution in [0.3, 0.4) is 0 Å². The second-order valence-corrected chi connectivity index (χ2v) is 6.27. The number of rotatable bonds is 3. The van der Waals surface area contributed by atoms with Crippen molar-refractivity contribution in [3.8, 4) is 0 Å². The van der Waals surface area contributed by atoms with E-state index in [4.69, 9.17) is 27.9 Å². The highest BCUT2D eigenvalue weighted by Gasteiger charge is 2.24. The van der Waals surface area contributed by atoms with E-state index in [1.54, 1.807) is 43.3 Å². The summed E-state index contributed by atoms with van der Waals surface area (Å²) in [6.07, 6.45) is 3.11. The summed E-state index contributed by atoms with van der Waals surface area (Å²) < 4.78 is 5.23. The molecule has 0 aliphatic carbocycles. The minimum atomic E-state index is -0.552. The highest BCUT2D eigenvalue weighted by molar-refractivity contribution is 6.35. The van der Waals surface area contributed by atoms with Gasteiger partial charge in [0.2, 0.25) is 0 Å². The molecule has 0 unspecified atom stereocenters. The maximum Gasteiger partial charge on any atom is 0.343 e. The van der Waals surface area contributed by atoms with E-state index in [1.807, 2.05) is 0 Å². The number of hydrogen-bond donors (Lipinski definition) is 0. The van der Waals surface area contributed by atoms with E-state index in [0.717, 1.165) is 0 Å². The predicted octanol–water partition coefficient (Wildman–Crippen LogP) is 5.19. The number of benzene rings is 2. The molecule has 0 bridgehead atoms. The molecular weight excluding hydrogens is 365 g/mol. The minimum absolute atomic E-state index is 0.0346. The molecular formula is C18H11Cl2NO4. The van der Waals surface area contributed by atoms with Crippen molar-refractivity contribution in [1.82, 2.24) is 0 Å². The standard InChI is InChI=1S/C18H11Cl2NO4/c1-10-2-3-12(7-16(10)21(23)24)17-8-13(18(22)25-17)6-11-4-5-14(19)9-15(11)20/h2-9H,1H3/b13-6-. The number of halogens is 2. The number of carbonyl (C=O) groups excluding carboxylic acids is 1. The lowest BCUT2D eigenvalue weighted by atomic mass is 10.1. The normalized spacial score (nSPS) is 15.2. The summed E-state index contributed by atoms with van der Waals surface area (Å²) in [6.45, 7) is 1.64. The molecule has 0 radical (unpaired) electrons. The zero-order valence-electron chi connectivity index (χ0n) is 13.0. The monoisotopic (exact) mass is 375 g/mol. The Morgan fingerprint density at radius 2 is 1.92 bits per heavy atom. The third-order valence-corrected chi connectivity index (χ3v) is 4.25. The van der Waals surface area contributed by atoms with Crippen molar-refractivity contribution in [1.29, 1.82) is 0 Å². The fourth-order valence-corrected chi connectivity index (χ4v) is 2.84. The van der Waals surface area contributed by atoms with E-state index in [2.05, 4.69) is 0 Å². The number of nitro groups is 1. The molecule has 3 rings (SSSR count). The minimum Gasteiger partial charge on any atom is -0.422 e. The lowest BCUT2D eigenvalue weighted by Crippen LogP contribution is -1.98. The van der Waals surface area contributed by atoms with Crippen molar-refractivity contribution in [2.45, 2.75) is 6.92 Å². The number of nitrogens with zero attached hydrogens (tertiary/aromatic N) is 1. The number of cyclic esters (lactones) is 1. The third kappa shape index (κ3) is 3.57. The molecule has 0 saturated heterocycles. The number of carbonyl (C=O) groups is 1. The maximum absolute atomic E-state index is 12.1. The molecule has 0 saturated carbocycles. The Kier molecular flexibility index (Phi) is 4.61. The van der Waals surface area contributed by atoms with Crippen LogP contribution in [0.2, 0.25) is 10.0 Å². The van der Waals surface area contributed by atoms with Gasteiger partial charge in [0.25, 0.3) is 5.69 Å². The molecule has 2 aromatic rings. The summed E-state index contributed by atoms with van der Waals surface area (Å²) in [5.74, 6) is -0.298. The van der Waals surface area contributed by atoms with Gasteiger partial charge in [0.05, 0.1) is 10.5 Å². The number of esters is 1. The van der Waals surface area contributed by atoms with Crippen molar-refractivity contribution >= 4 is 46.7 Å². The molecule has 7 heteroatoms. The Morgan fingerprint density at radius 3 is 2.60 bits per heavy atom. The largest absolute Gasteiger partial charge is 0.422 e. The van der Waals surface area contributed by atoms with Gasteiger partial charge in [-0.1, -0.05) is 41.4 Å². The van der Waals surface area contributed by atoms with Gasteiger partial charge in [-0.3, -0.25) is 10.1 Å². The van der Waals surface area contributed by atoms with Crippen LogP contribution >= 0.6 is 23.2 Å². The van der Waals surface area contributed by atoms with Gasteiger partial charge < -0.3 is 4.74 Å². The number of ether oxygens (including phenoxy) is 1. The first-order valence-electron chi connectivity index (χ1n) is 7.21. The summed E-state index contributed by atoms with van der Waals surface area (Å²) in [4.78, 5) is 22.7. The van der Waals surface area contributed by atoms with Crippen LogP contribution in [0.1, 0.15) is 16.7 Å². The molecule has 126 valence electrons. The van der Waals surface area contributed by atoms with Crippen LogP contribution in [0.15, 0.2) is 48.0 Å². The van der Waals surface area contributed by atoms with Gasteiger partial charge in [-0.2, -0.15) is 0 Å². The molecule has 25 heavy (non-hydrogen) atoms. The van der Waals surface area contributed by atoms with Gasteiger partial charge in [-0.05, 0) is 36.8 Å². The van der Waals surface area contributed by atoms with Crippen molar-refractivity contribution in [2.24, 2.45) is 0 Å². The quantitative estimate of drug-likeness (QED) is 0.320. The van der Waals surface area contributed by atoms with Crippen molar-refractivity contribution in [3.05, 3.63) is 84.9 Å². The summed E-state index contributed by atoms with van der Waals surface area (Å²) in [5.41, 5.74) is 1.86. The third-order valence-electron chi connectivity index (χ3n) is 3.69. The molecule has 2 aromatic carbocycles. The molecule has 1 aliphatic rings. The maximum atomic E-state index is 12.1. The van der Waals surface area contributed by atoms with E-state index in [-0.39, 0.29) is 11.4 Å². The van der Waals surface area contributed by atoms with Crippen LogP contribution in [-0.4, -0.2) is 10.9 Å². The highest BCUT2D eigenvalue weighted by Crippen LogP contribution is 2.32. The van der Waals surface area contributed by atoms with Crippen LogP contribution in [0.4, 0.5) is 5.69 Å². The van der Waals surface area contributed by atoms with Crippen LogP contribution in [0.5, 0.6) is 0 Å². The summed E-state index contributed by atoms with van der Waals surface area (Å²) >= 11 is 12.0. The van der Waals surface area contributed by atoms with Crippen molar-refractivity contribution in [3.63, 3.8) is 0 Å². The lowest BCUT2D eigenvalue weighted by molar-refractivity contribution is -0.385. The van der Waals surface area contributed by atoms with E-state index < -0.39 is 10.9 Å². The topological polar surface area (TPSA) is 69.4 Å². The first-order valence-corrected chi connectivity index (χ1v) is 7.97. The predicted molar refractivity (Wildman–Crippen MR) is 96.3 cm³/mol. The Bertz CT molecular complexity index is 964. The highest BCUT2D eigenvalue weighted by atomic mass is 35.5. The Labute approximate surface area is 153 Å². The smallest absolute Gasteiger partial charge is 0.343 e. The Morgan fingerprint density at radius 1 is 1.16 bits per heavy atom. The summed E-state index contributed by atoms with van der Waals surface area (Å²) in [5, 5.41) is 12.0. The summed E-state index contributed by atoms with van der Waals surface area (Å²) in [6, 6.07) is 9.58. The van der Waals surface area contributed by atoms with Crippen molar-refractivity contribution in [2.75, 3.05) is 0 Å². The average Bonchev–Trinajstić information content (AvgIpc) is 2.91. The molecule has 0 fully saturated rings. The van der Waals surface area contributed by atoms with E-state index in [9.17, 15) is 14.9 Å². The SMILES string of the molecule is Cc1ccc(C2=C/C(=C/c3ccc(Cl)cc3Cl)C(=O)O2)cc1[N+](=O)[O-]. The zero-order valence-corrected chi connectivity index (χ0v) is 14.5. The van der Waals surface area contributed by atoms with Gasteiger partial charge in [0, 0.05) is 27.2 Å². The summed E-state index contributed by atoms with van der Waals surface area (Å²) in [7, 11) is 0. The van der Waals surface area contributed by atoms with Gasteiger partial charge >= 0.3 is 5.97 Å². The number of aryl methyl sites for hydroxylation is 1. The van der Waals surface area contributed by atoms with Gasteiger partial charge in [0.15, 0.2) is 0 Å². The molecule has 1 aliphatic heterocycles. The van der Waals surface area contributed by atoms with Crippen LogP contribution in [-0.2, 0) is 9.53 Å². The molecule has 5 nitrogen and oxygen atoms in total. The molecule has 1 heterocycles. The second-order valence-electron chi connectivity index (χ2n) is 5.42. The van der Waals surface area contributed by atoms with E-state index >= 15 is 0 Å². The number of hydrogen-bond acceptors (Lipinski definition) is 4. The number of nitro benzene ring substituents is 1. The Balaban J connectivity index is 1.99. The second kappa shape index (κ2) is 6.70. The van der Waals surface area contributed by atoms with Gasteiger partial charge in [-0.25, -0.2) is 4.79 Å². The van der Waals surface area contributed by atoms with Crippen LogP contribution in [0, 0.1) is 17.0 Å². The lowest BCUT2D eigenvalue weighted by Gasteiger charge is -2.03. The molecule has 0 aromatic heterocycles. The van der Waals surface area contributed by atoms with E-state index in [0.29, 0.717) is 32.3 Å². The van der Waals surface area contributed by atoms with Crippen LogP contribution < -0.4 is 0 Å². The van der Waals surface area contributed by atoms with Crippen LogP contribution in [0.25, 0.3) is 11.8 Å².